The maximum atomic E-state index is 11.1. The molecule has 1 heterocycles. The number of carboxylic acids is 1. The number of thioether (sulfide) groups is 1. The van der Waals surface area contributed by atoms with Gasteiger partial charge in [-0.2, -0.15) is 0 Å². The lowest BCUT2D eigenvalue weighted by atomic mass is 10.0. The standard InChI is InChI=1S/C15H16N2O3S/c1-10(14(18)19)12-5-3-4-6-13(12)20-9-11-7-8-16-15(17-11)21-2/h3-8,10H,9H2,1-2H3,(H,18,19). The van der Waals surface area contributed by atoms with Crippen LogP contribution in [0.5, 0.6) is 5.75 Å². The van der Waals surface area contributed by atoms with E-state index in [2.05, 4.69) is 9.97 Å². The van der Waals surface area contributed by atoms with Gasteiger partial charge in [-0.1, -0.05) is 30.0 Å². The van der Waals surface area contributed by atoms with Crippen molar-refractivity contribution >= 4 is 17.7 Å². The summed E-state index contributed by atoms with van der Waals surface area (Å²) in [6.45, 7) is 1.92. The predicted octanol–water partition coefficient (Wildman–Crippen LogP) is 2.97. The maximum absolute atomic E-state index is 11.1. The molecule has 0 radical (unpaired) electrons. The number of aliphatic carboxylic acids is 1. The van der Waals surface area contributed by atoms with Crippen LogP contribution in [0.25, 0.3) is 0 Å². The van der Waals surface area contributed by atoms with Crippen molar-refractivity contribution in [2.24, 2.45) is 0 Å². The Morgan fingerprint density at radius 3 is 2.86 bits per heavy atom. The highest BCUT2D eigenvalue weighted by atomic mass is 32.2. The molecule has 1 aromatic carbocycles. The summed E-state index contributed by atoms with van der Waals surface area (Å²) in [5, 5.41) is 9.82. The molecule has 0 amide bonds. The second kappa shape index (κ2) is 7.08. The zero-order valence-electron chi connectivity index (χ0n) is 11.8. The van der Waals surface area contributed by atoms with Gasteiger partial charge in [-0.25, -0.2) is 9.97 Å². The van der Waals surface area contributed by atoms with Gasteiger partial charge in [0.2, 0.25) is 0 Å². The lowest BCUT2D eigenvalue weighted by molar-refractivity contribution is -0.138. The highest BCUT2D eigenvalue weighted by molar-refractivity contribution is 7.98. The second-order valence-electron chi connectivity index (χ2n) is 4.42. The Bertz CT molecular complexity index is 634. The fraction of sp³-hybridized carbons (Fsp3) is 0.267. The SMILES string of the molecule is CSc1nccc(COc2ccccc2C(C)C(=O)O)n1. The Morgan fingerprint density at radius 2 is 2.14 bits per heavy atom. The topological polar surface area (TPSA) is 72.3 Å². The molecule has 2 aromatic rings. The number of hydrogen-bond donors (Lipinski definition) is 1. The number of rotatable bonds is 6. The zero-order chi connectivity index (χ0) is 15.2. The van der Waals surface area contributed by atoms with Gasteiger partial charge in [-0.05, 0) is 25.3 Å². The highest BCUT2D eigenvalue weighted by Gasteiger charge is 2.18. The molecule has 0 spiro atoms. The van der Waals surface area contributed by atoms with Crippen molar-refractivity contribution in [1.29, 1.82) is 0 Å². The highest BCUT2D eigenvalue weighted by Crippen LogP contribution is 2.27. The number of benzene rings is 1. The van der Waals surface area contributed by atoms with Crippen molar-refractivity contribution in [2.75, 3.05) is 6.26 Å². The molecule has 0 aliphatic rings. The molecule has 6 heteroatoms. The van der Waals surface area contributed by atoms with E-state index < -0.39 is 11.9 Å². The van der Waals surface area contributed by atoms with E-state index >= 15 is 0 Å². The van der Waals surface area contributed by atoms with E-state index in [1.54, 1.807) is 37.4 Å². The quantitative estimate of drug-likeness (QED) is 0.653. The summed E-state index contributed by atoms with van der Waals surface area (Å²) < 4.78 is 5.73. The zero-order valence-corrected chi connectivity index (χ0v) is 12.6. The van der Waals surface area contributed by atoms with Crippen molar-refractivity contribution in [2.45, 2.75) is 24.6 Å². The third-order valence-electron chi connectivity index (χ3n) is 3.01. The monoisotopic (exact) mass is 304 g/mol. The molecular weight excluding hydrogens is 288 g/mol. The van der Waals surface area contributed by atoms with Crippen LogP contribution < -0.4 is 4.74 Å². The third-order valence-corrected chi connectivity index (χ3v) is 3.57. The van der Waals surface area contributed by atoms with Crippen LogP contribution in [-0.2, 0) is 11.4 Å². The molecule has 0 saturated carbocycles. The van der Waals surface area contributed by atoms with Crippen LogP contribution in [0.3, 0.4) is 0 Å². The van der Waals surface area contributed by atoms with Gasteiger partial charge in [0.1, 0.15) is 12.4 Å². The van der Waals surface area contributed by atoms with E-state index in [1.807, 2.05) is 12.3 Å². The van der Waals surface area contributed by atoms with E-state index in [1.165, 1.54) is 11.8 Å². The predicted molar refractivity (Wildman–Crippen MR) is 80.6 cm³/mol. The molecule has 1 atom stereocenters. The fourth-order valence-electron chi connectivity index (χ4n) is 1.81. The van der Waals surface area contributed by atoms with Crippen LogP contribution in [0.1, 0.15) is 24.1 Å². The molecule has 2 rings (SSSR count). The molecule has 5 nitrogen and oxygen atoms in total. The molecule has 21 heavy (non-hydrogen) atoms. The van der Waals surface area contributed by atoms with Crippen molar-refractivity contribution < 1.29 is 14.6 Å². The molecule has 1 unspecified atom stereocenters. The molecule has 0 aliphatic heterocycles. The van der Waals surface area contributed by atoms with Gasteiger partial charge in [-0.15, -0.1) is 0 Å². The normalized spacial score (nSPS) is 11.9. The Hall–Kier alpha value is -2.08. The van der Waals surface area contributed by atoms with Crippen LogP contribution >= 0.6 is 11.8 Å². The summed E-state index contributed by atoms with van der Waals surface area (Å²) in [6, 6.07) is 8.94. The van der Waals surface area contributed by atoms with E-state index in [0.717, 1.165) is 5.69 Å². The Balaban J connectivity index is 2.14. The first-order chi connectivity index (χ1) is 10.1. The van der Waals surface area contributed by atoms with Crippen LogP contribution in [0.2, 0.25) is 0 Å². The van der Waals surface area contributed by atoms with Gasteiger partial charge in [0.25, 0.3) is 0 Å². The first-order valence-corrected chi connectivity index (χ1v) is 7.64. The maximum Gasteiger partial charge on any atom is 0.310 e. The average molecular weight is 304 g/mol. The minimum Gasteiger partial charge on any atom is -0.487 e. The van der Waals surface area contributed by atoms with Crippen LogP contribution in [0, 0.1) is 0 Å². The van der Waals surface area contributed by atoms with Gasteiger partial charge in [0.15, 0.2) is 5.16 Å². The summed E-state index contributed by atoms with van der Waals surface area (Å²) in [5.74, 6) is -0.928. The summed E-state index contributed by atoms with van der Waals surface area (Å²) in [4.78, 5) is 19.6. The second-order valence-corrected chi connectivity index (χ2v) is 5.19. The lowest BCUT2D eigenvalue weighted by Gasteiger charge is -2.14. The van der Waals surface area contributed by atoms with Crippen LogP contribution in [0.15, 0.2) is 41.7 Å². The summed E-state index contributed by atoms with van der Waals surface area (Å²) in [5.41, 5.74) is 1.41. The van der Waals surface area contributed by atoms with Crippen molar-refractivity contribution in [1.82, 2.24) is 9.97 Å². The molecule has 0 saturated heterocycles. The smallest absolute Gasteiger partial charge is 0.310 e. The Labute approximate surface area is 127 Å². The number of para-hydroxylation sites is 1. The molecular formula is C15H16N2O3S. The van der Waals surface area contributed by atoms with Crippen molar-refractivity contribution in [3.8, 4) is 5.75 Å². The van der Waals surface area contributed by atoms with Gasteiger partial charge in [0, 0.05) is 11.8 Å². The summed E-state index contributed by atoms with van der Waals surface area (Å²) in [7, 11) is 0. The number of carbonyl (C=O) groups is 1. The number of carboxylic acid groups (broad SMARTS) is 1. The number of nitrogens with zero attached hydrogens (tertiary/aromatic N) is 2. The van der Waals surface area contributed by atoms with Crippen LogP contribution in [-0.4, -0.2) is 27.3 Å². The average Bonchev–Trinajstić information content (AvgIpc) is 2.52. The minimum atomic E-state index is -0.877. The van der Waals surface area contributed by atoms with E-state index in [4.69, 9.17) is 9.84 Å². The molecule has 0 fully saturated rings. The van der Waals surface area contributed by atoms with Gasteiger partial charge >= 0.3 is 5.97 Å². The van der Waals surface area contributed by atoms with Gasteiger partial charge < -0.3 is 9.84 Å². The first-order valence-electron chi connectivity index (χ1n) is 6.42. The van der Waals surface area contributed by atoms with Crippen LogP contribution in [0.4, 0.5) is 0 Å². The molecule has 0 bridgehead atoms. The van der Waals surface area contributed by atoms with E-state index in [-0.39, 0.29) is 6.61 Å². The number of hydrogen-bond acceptors (Lipinski definition) is 5. The summed E-state index contributed by atoms with van der Waals surface area (Å²) in [6.07, 6.45) is 3.59. The largest absolute Gasteiger partial charge is 0.487 e. The number of ether oxygens (including phenoxy) is 1. The van der Waals surface area contributed by atoms with Gasteiger partial charge in [-0.3, -0.25) is 4.79 Å². The molecule has 110 valence electrons. The summed E-state index contributed by atoms with van der Waals surface area (Å²) >= 11 is 1.46. The third kappa shape index (κ3) is 3.95. The fourth-order valence-corrected chi connectivity index (χ4v) is 2.18. The van der Waals surface area contributed by atoms with Crippen molar-refractivity contribution in [3.63, 3.8) is 0 Å². The molecule has 1 aromatic heterocycles. The van der Waals surface area contributed by atoms with Crippen molar-refractivity contribution in [3.05, 3.63) is 47.8 Å². The van der Waals surface area contributed by atoms with E-state index in [9.17, 15) is 4.79 Å². The molecule has 0 aliphatic carbocycles. The number of aromatic nitrogens is 2. The van der Waals surface area contributed by atoms with E-state index in [0.29, 0.717) is 16.5 Å². The Kier molecular flexibility index (Phi) is 5.16. The Morgan fingerprint density at radius 1 is 1.38 bits per heavy atom. The first kappa shape index (κ1) is 15.3. The lowest BCUT2D eigenvalue weighted by Crippen LogP contribution is -2.10. The molecule has 1 N–H and O–H groups in total. The minimum absolute atomic E-state index is 0.277. The van der Waals surface area contributed by atoms with Gasteiger partial charge in [0.05, 0.1) is 11.6 Å².